The van der Waals surface area contributed by atoms with Crippen LogP contribution in [0.3, 0.4) is 0 Å². The van der Waals surface area contributed by atoms with E-state index in [2.05, 4.69) is 4.72 Å². The molecule has 0 heterocycles. The maximum atomic E-state index is 12.7. The predicted molar refractivity (Wildman–Crippen MR) is 102 cm³/mol. The fourth-order valence-corrected chi connectivity index (χ4v) is 3.81. The zero-order valence-electron chi connectivity index (χ0n) is 15.9. The number of sulfonamides is 1. The van der Waals surface area contributed by atoms with E-state index >= 15 is 0 Å². The molecule has 0 amide bonds. The third kappa shape index (κ3) is 5.12. The van der Waals surface area contributed by atoms with Crippen molar-refractivity contribution in [1.82, 2.24) is 4.72 Å². The molecule has 0 unspecified atom stereocenters. The van der Waals surface area contributed by atoms with Gasteiger partial charge in [-0.1, -0.05) is 12.1 Å². The molecule has 0 fully saturated rings. The second kappa shape index (κ2) is 9.07. The maximum Gasteiger partial charge on any atom is 0.244 e. The Morgan fingerprint density at radius 1 is 1.04 bits per heavy atom. The van der Waals surface area contributed by atoms with Crippen molar-refractivity contribution in [2.45, 2.75) is 24.8 Å². The van der Waals surface area contributed by atoms with Crippen LogP contribution in [0.4, 0.5) is 0 Å². The van der Waals surface area contributed by atoms with Crippen LogP contribution in [0.15, 0.2) is 41.3 Å². The number of aryl methyl sites for hydroxylation is 1. The van der Waals surface area contributed by atoms with E-state index < -0.39 is 16.1 Å². The highest BCUT2D eigenvalue weighted by atomic mass is 32.2. The first-order valence-corrected chi connectivity index (χ1v) is 9.93. The summed E-state index contributed by atoms with van der Waals surface area (Å²) < 4.78 is 43.6. The maximum absolute atomic E-state index is 12.7. The zero-order chi connectivity index (χ0) is 20.0. The number of nitrogens with one attached hydrogen (secondary N) is 1. The van der Waals surface area contributed by atoms with Crippen LogP contribution in [-0.2, 0) is 10.0 Å². The first kappa shape index (κ1) is 21.0. The summed E-state index contributed by atoms with van der Waals surface area (Å²) in [5.41, 5.74) is 1.30. The number of rotatable bonds is 9. The van der Waals surface area contributed by atoms with Crippen molar-refractivity contribution in [3.8, 4) is 17.2 Å². The number of hydrogen-bond donors (Lipinski definition) is 2. The molecule has 27 heavy (non-hydrogen) atoms. The van der Waals surface area contributed by atoms with E-state index in [0.29, 0.717) is 23.7 Å². The summed E-state index contributed by atoms with van der Waals surface area (Å²) in [7, 11) is -0.855. The molecule has 0 aromatic heterocycles. The van der Waals surface area contributed by atoms with Crippen molar-refractivity contribution in [3.05, 3.63) is 47.5 Å². The Kier molecular flexibility index (Phi) is 7.06. The summed E-state index contributed by atoms with van der Waals surface area (Å²) in [4.78, 5) is 0.0452. The minimum absolute atomic E-state index is 0.0452. The number of hydrogen-bond acceptors (Lipinski definition) is 6. The Bertz CT molecular complexity index is 882. The van der Waals surface area contributed by atoms with Gasteiger partial charge < -0.3 is 19.3 Å². The van der Waals surface area contributed by atoms with Crippen LogP contribution in [0.25, 0.3) is 0 Å². The van der Waals surface area contributed by atoms with Gasteiger partial charge in [-0.15, -0.1) is 0 Å². The minimum Gasteiger partial charge on any atom is -0.493 e. The van der Waals surface area contributed by atoms with E-state index in [1.54, 1.807) is 44.2 Å². The summed E-state index contributed by atoms with van der Waals surface area (Å²) in [5.74, 6) is 1.25. The zero-order valence-corrected chi connectivity index (χ0v) is 16.7. The third-order valence-corrected chi connectivity index (χ3v) is 5.39. The van der Waals surface area contributed by atoms with Crippen LogP contribution < -0.4 is 18.9 Å². The van der Waals surface area contributed by atoms with Crippen molar-refractivity contribution in [2.24, 2.45) is 0 Å². The SMILES string of the molecule is CCOc1ccc(C)cc1S(=O)(=O)NC[C@@H](O)c1ccc(OC)c(OC)c1. The molecule has 0 radical (unpaired) electrons. The van der Waals surface area contributed by atoms with E-state index in [1.807, 2.05) is 0 Å². The standard InChI is InChI=1S/C19H25NO6S/c1-5-26-17-8-6-13(2)10-19(17)27(22,23)20-12-15(21)14-7-9-16(24-3)18(11-14)25-4/h6-11,15,20-21H,5,12H2,1-4H3/t15-/m1/s1. The smallest absolute Gasteiger partial charge is 0.244 e. The number of ether oxygens (including phenoxy) is 3. The average Bonchev–Trinajstić information content (AvgIpc) is 2.67. The van der Waals surface area contributed by atoms with Crippen molar-refractivity contribution in [1.29, 1.82) is 0 Å². The summed E-state index contributed by atoms with van der Waals surface area (Å²) in [6.07, 6.45) is -1.06. The highest BCUT2D eigenvalue weighted by molar-refractivity contribution is 7.89. The van der Waals surface area contributed by atoms with E-state index in [1.165, 1.54) is 20.3 Å². The van der Waals surface area contributed by atoms with Gasteiger partial charge in [0, 0.05) is 6.54 Å². The Hall–Kier alpha value is -2.29. The topological polar surface area (TPSA) is 94.1 Å². The van der Waals surface area contributed by atoms with E-state index in [9.17, 15) is 13.5 Å². The highest BCUT2D eigenvalue weighted by Gasteiger charge is 2.22. The van der Waals surface area contributed by atoms with E-state index in [-0.39, 0.29) is 17.2 Å². The Morgan fingerprint density at radius 3 is 2.33 bits per heavy atom. The first-order valence-electron chi connectivity index (χ1n) is 8.45. The molecule has 2 N–H and O–H groups in total. The minimum atomic E-state index is -3.86. The molecular formula is C19H25NO6S. The van der Waals surface area contributed by atoms with Gasteiger partial charge in [-0.3, -0.25) is 0 Å². The van der Waals surface area contributed by atoms with Gasteiger partial charge in [0.25, 0.3) is 0 Å². The summed E-state index contributed by atoms with van der Waals surface area (Å²) in [5, 5.41) is 10.4. The third-order valence-electron chi connectivity index (χ3n) is 3.95. The summed E-state index contributed by atoms with van der Waals surface area (Å²) in [6, 6.07) is 9.85. The second-order valence-electron chi connectivity index (χ2n) is 5.87. The predicted octanol–water partition coefficient (Wildman–Crippen LogP) is 2.42. The number of methoxy groups -OCH3 is 2. The molecule has 1 atom stereocenters. The van der Waals surface area contributed by atoms with Crippen LogP contribution >= 0.6 is 0 Å². The second-order valence-corrected chi connectivity index (χ2v) is 7.60. The lowest BCUT2D eigenvalue weighted by Gasteiger charge is -2.16. The summed E-state index contributed by atoms with van der Waals surface area (Å²) >= 11 is 0. The van der Waals surface area contributed by atoms with Crippen LogP contribution in [0.5, 0.6) is 17.2 Å². The molecule has 8 heteroatoms. The lowest BCUT2D eigenvalue weighted by molar-refractivity contribution is 0.181. The normalized spacial score (nSPS) is 12.5. The van der Waals surface area contributed by atoms with Crippen molar-refractivity contribution in [3.63, 3.8) is 0 Å². The molecule has 0 saturated carbocycles. The van der Waals surface area contributed by atoms with Crippen molar-refractivity contribution < 1.29 is 27.7 Å². The molecule has 2 aromatic rings. The lowest BCUT2D eigenvalue weighted by Crippen LogP contribution is -2.29. The Labute approximate surface area is 159 Å². The molecule has 0 aliphatic carbocycles. The molecule has 0 aliphatic rings. The van der Waals surface area contributed by atoms with Gasteiger partial charge in [-0.05, 0) is 49.2 Å². The summed E-state index contributed by atoms with van der Waals surface area (Å²) in [6.45, 7) is 3.73. The van der Waals surface area contributed by atoms with Gasteiger partial charge in [-0.25, -0.2) is 13.1 Å². The van der Waals surface area contributed by atoms with Gasteiger partial charge in [0.2, 0.25) is 10.0 Å². The average molecular weight is 395 g/mol. The van der Waals surface area contributed by atoms with Crippen LogP contribution in [0.2, 0.25) is 0 Å². The van der Waals surface area contributed by atoms with Crippen molar-refractivity contribution in [2.75, 3.05) is 27.4 Å². The fraction of sp³-hybridized carbons (Fsp3) is 0.368. The van der Waals surface area contributed by atoms with E-state index in [4.69, 9.17) is 14.2 Å². The van der Waals surface area contributed by atoms with Gasteiger partial charge in [0.1, 0.15) is 10.6 Å². The largest absolute Gasteiger partial charge is 0.493 e. The molecule has 148 valence electrons. The molecule has 0 bridgehead atoms. The molecule has 2 aromatic carbocycles. The van der Waals surface area contributed by atoms with Crippen LogP contribution in [0, 0.1) is 6.92 Å². The van der Waals surface area contributed by atoms with Gasteiger partial charge >= 0.3 is 0 Å². The number of aliphatic hydroxyl groups excluding tert-OH is 1. The molecule has 0 aliphatic heterocycles. The molecular weight excluding hydrogens is 370 g/mol. The monoisotopic (exact) mass is 395 g/mol. The Morgan fingerprint density at radius 2 is 1.70 bits per heavy atom. The van der Waals surface area contributed by atoms with Crippen molar-refractivity contribution >= 4 is 10.0 Å². The number of benzene rings is 2. The van der Waals surface area contributed by atoms with Gasteiger partial charge in [0.15, 0.2) is 11.5 Å². The van der Waals surface area contributed by atoms with Gasteiger partial charge in [-0.2, -0.15) is 0 Å². The van der Waals surface area contributed by atoms with E-state index in [0.717, 1.165) is 5.56 Å². The Balaban J connectivity index is 2.19. The molecule has 0 saturated heterocycles. The lowest BCUT2D eigenvalue weighted by atomic mass is 10.1. The molecule has 7 nitrogen and oxygen atoms in total. The van der Waals surface area contributed by atoms with Gasteiger partial charge in [0.05, 0.1) is 26.9 Å². The quantitative estimate of drug-likeness (QED) is 0.677. The number of aliphatic hydroxyl groups is 1. The molecule has 2 rings (SSSR count). The van der Waals surface area contributed by atoms with Crippen LogP contribution in [-0.4, -0.2) is 40.9 Å². The fourth-order valence-electron chi connectivity index (χ4n) is 2.54. The van der Waals surface area contributed by atoms with Crippen LogP contribution in [0.1, 0.15) is 24.2 Å². The first-order chi connectivity index (χ1) is 12.8. The molecule has 0 spiro atoms. The highest BCUT2D eigenvalue weighted by Crippen LogP contribution is 2.30.